The standard InChI is InChI=1S/C23H25NO4S3/c1-6-27-20(25)16-11-23(29-12-17(31-23)21(26)28-7-2)18-14-10-13(3)8-9-15(14)24-22(4,5)19(18)30-16/h8-12,24H,6-7H2,1-5H3. The topological polar surface area (TPSA) is 64.6 Å². The molecule has 1 spiro atoms. The summed E-state index contributed by atoms with van der Waals surface area (Å²) in [6.45, 7) is 10.5. The van der Waals surface area contributed by atoms with Crippen LogP contribution in [0.2, 0.25) is 0 Å². The van der Waals surface area contributed by atoms with Gasteiger partial charge in [-0.15, -0.1) is 11.8 Å². The van der Waals surface area contributed by atoms with E-state index in [9.17, 15) is 9.59 Å². The van der Waals surface area contributed by atoms with Crippen LogP contribution < -0.4 is 5.32 Å². The van der Waals surface area contributed by atoms with Crippen LogP contribution in [0.25, 0.3) is 5.57 Å². The molecule has 0 saturated carbocycles. The molecule has 0 aromatic heterocycles. The van der Waals surface area contributed by atoms with Gasteiger partial charge in [-0.25, -0.2) is 9.59 Å². The van der Waals surface area contributed by atoms with Crippen LogP contribution in [-0.4, -0.2) is 34.8 Å². The highest BCUT2D eigenvalue weighted by atomic mass is 32.2. The Morgan fingerprint density at radius 3 is 2.42 bits per heavy atom. The van der Waals surface area contributed by atoms with Crippen molar-refractivity contribution in [3.8, 4) is 0 Å². The number of nitrogens with one attached hydrogen (secondary N) is 1. The second-order valence-corrected chi connectivity index (χ2v) is 11.6. The molecular weight excluding hydrogens is 450 g/mol. The zero-order valence-electron chi connectivity index (χ0n) is 18.2. The highest BCUT2D eigenvalue weighted by Crippen LogP contribution is 2.65. The summed E-state index contributed by atoms with van der Waals surface area (Å²) in [5.74, 6) is -0.670. The van der Waals surface area contributed by atoms with Gasteiger partial charge in [0.2, 0.25) is 0 Å². The number of aryl methyl sites for hydroxylation is 1. The Kier molecular flexibility index (Phi) is 6.00. The Labute approximate surface area is 195 Å². The Bertz CT molecular complexity index is 1060. The van der Waals surface area contributed by atoms with Crippen molar-refractivity contribution >= 4 is 58.5 Å². The minimum absolute atomic E-state index is 0.311. The molecule has 8 heteroatoms. The van der Waals surface area contributed by atoms with Crippen molar-refractivity contribution in [2.24, 2.45) is 0 Å². The van der Waals surface area contributed by atoms with Gasteiger partial charge in [-0.3, -0.25) is 0 Å². The fourth-order valence-corrected chi connectivity index (χ4v) is 8.18. The van der Waals surface area contributed by atoms with Crippen molar-refractivity contribution in [1.82, 2.24) is 0 Å². The third-order valence-electron chi connectivity index (χ3n) is 5.12. The lowest BCUT2D eigenvalue weighted by atomic mass is 9.86. The minimum atomic E-state index is -0.646. The van der Waals surface area contributed by atoms with Gasteiger partial charge in [0.25, 0.3) is 0 Å². The first kappa shape index (κ1) is 22.4. The molecule has 3 aliphatic heterocycles. The number of ether oxygens (including phenoxy) is 2. The largest absolute Gasteiger partial charge is 0.462 e. The normalized spacial score (nSPS) is 23.4. The molecule has 0 saturated heterocycles. The van der Waals surface area contributed by atoms with Crippen LogP contribution in [0.5, 0.6) is 0 Å². The highest BCUT2D eigenvalue weighted by Gasteiger charge is 2.51. The second kappa shape index (κ2) is 8.30. The number of rotatable bonds is 4. The van der Waals surface area contributed by atoms with Crippen molar-refractivity contribution in [2.45, 2.75) is 44.2 Å². The summed E-state index contributed by atoms with van der Waals surface area (Å²) in [6.07, 6.45) is 1.96. The maximum atomic E-state index is 12.8. The van der Waals surface area contributed by atoms with Gasteiger partial charge in [0.1, 0.15) is 8.98 Å². The van der Waals surface area contributed by atoms with Gasteiger partial charge in [0.05, 0.1) is 23.7 Å². The zero-order valence-corrected chi connectivity index (χ0v) is 20.6. The molecule has 3 aliphatic rings. The number of hydrogen-bond acceptors (Lipinski definition) is 8. The Hall–Kier alpha value is -1.77. The molecule has 5 nitrogen and oxygen atoms in total. The van der Waals surface area contributed by atoms with Gasteiger partial charge in [-0.2, -0.15) is 0 Å². The first-order valence-electron chi connectivity index (χ1n) is 10.2. The number of fused-ring (bicyclic) bond motifs is 3. The molecule has 0 bridgehead atoms. The van der Waals surface area contributed by atoms with Gasteiger partial charge >= 0.3 is 11.9 Å². The molecule has 3 heterocycles. The van der Waals surface area contributed by atoms with E-state index < -0.39 is 9.62 Å². The van der Waals surface area contributed by atoms with E-state index >= 15 is 0 Å². The summed E-state index contributed by atoms with van der Waals surface area (Å²) in [4.78, 5) is 27.4. The lowest BCUT2D eigenvalue weighted by molar-refractivity contribution is -0.138. The predicted molar refractivity (Wildman–Crippen MR) is 131 cm³/mol. The maximum Gasteiger partial charge on any atom is 0.345 e. The smallest absolute Gasteiger partial charge is 0.345 e. The van der Waals surface area contributed by atoms with Crippen LogP contribution in [0, 0.1) is 6.92 Å². The summed E-state index contributed by atoms with van der Waals surface area (Å²) >= 11 is 4.44. The molecule has 0 aliphatic carbocycles. The number of anilines is 1. The number of thioether (sulfide) groups is 3. The van der Waals surface area contributed by atoms with Crippen molar-refractivity contribution in [3.05, 3.63) is 55.5 Å². The van der Waals surface area contributed by atoms with Crippen LogP contribution in [-0.2, 0) is 19.1 Å². The van der Waals surface area contributed by atoms with E-state index in [2.05, 4.69) is 44.3 Å². The number of esters is 2. The maximum absolute atomic E-state index is 12.8. The van der Waals surface area contributed by atoms with E-state index in [1.807, 2.05) is 11.5 Å². The Morgan fingerprint density at radius 1 is 1.06 bits per heavy atom. The van der Waals surface area contributed by atoms with Crippen molar-refractivity contribution in [1.29, 1.82) is 0 Å². The van der Waals surface area contributed by atoms with Crippen molar-refractivity contribution < 1.29 is 19.1 Å². The fourth-order valence-electron chi connectivity index (χ4n) is 3.83. The first-order valence-corrected chi connectivity index (χ1v) is 12.7. The lowest BCUT2D eigenvalue weighted by Crippen LogP contribution is -2.40. The third kappa shape index (κ3) is 3.94. The zero-order chi connectivity index (χ0) is 22.4. The fraction of sp³-hybridized carbons (Fsp3) is 0.391. The molecular formula is C23H25NO4S3. The molecule has 0 amide bonds. The lowest BCUT2D eigenvalue weighted by Gasteiger charge is -2.44. The van der Waals surface area contributed by atoms with Crippen molar-refractivity contribution in [2.75, 3.05) is 18.5 Å². The van der Waals surface area contributed by atoms with E-state index in [0.717, 1.165) is 27.3 Å². The van der Waals surface area contributed by atoms with Gasteiger partial charge in [0.15, 0.2) is 0 Å². The summed E-state index contributed by atoms with van der Waals surface area (Å²) in [5.41, 5.74) is 4.03. The van der Waals surface area contributed by atoms with E-state index in [-0.39, 0.29) is 11.9 Å². The summed E-state index contributed by atoms with van der Waals surface area (Å²) in [7, 11) is 0. The molecule has 0 radical (unpaired) electrons. The average Bonchev–Trinajstić information content (AvgIpc) is 3.13. The first-order chi connectivity index (χ1) is 14.7. The quantitative estimate of drug-likeness (QED) is 0.558. The predicted octanol–water partition coefficient (Wildman–Crippen LogP) is 5.68. The molecule has 1 N–H and O–H groups in total. The molecule has 0 fully saturated rings. The van der Waals surface area contributed by atoms with Crippen LogP contribution in [0.3, 0.4) is 0 Å². The number of benzene rings is 1. The summed E-state index contributed by atoms with van der Waals surface area (Å²) in [6, 6.07) is 6.36. The van der Waals surface area contributed by atoms with Crippen molar-refractivity contribution in [3.63, 3.8) is 0 Å². The SMILES string of the molecule is CCOC(=O)C1=CC2(SC=C(C(=O)OCC)S2)C2=C(S1)C(C)(C)Nc1ccc(C)cc12. The summed E-state index contributed by atoms with van der Waals surface area (Å²) < 4.78 is 9.94. The Morgan fingerprint density at radius 2 is 1.74 bits per heavy atom. The third-order valence-corrected chi connectivity index (χ3v) is 9.39. The molecule has 31 heavy (non-hydrogen) atoms. The molecule has 1 aromatic rings. The number of carbonyl (C=O) groups excluding carboxylic acids is 2. The van der Waals surface area contributed by atoms with Gasteiger partial charge in [-0.1, -0.05) is 35.2 Å². The molecule has 1 atom stereocenters. The van der Waals surface area contributed by atoms with E-state index in [0.29, 0.717) is 23.0 Å². The van der Waals surface area contributed by atoms with Crippen LogP contribution >= 0.6 is 35.3 Å². The number of hydrogen-bond donors (Lipinski definition) is 1. The van der Waals surface area contributed by atoms with Crippen LogP contribution in [0.15, 0.2) is 44.4 Å². The van der Waals surface area contributed by atoms with Gasteiger partial charge < -0.3 is 14.8 Å². The number of carbonyl (C=O) groups is 2. The van der Waals surface area contributed by atoms with Crippen LogP contribution in [0.1, 0.15) is 38.8 Å². The second-order valence-electron chi connectivity index (χ2n) is 7.92. The average molecular weight is 476 g/mol. The summed E-state index contributed by atoms with van der Waals surface area (Å²) in [5, 5.41) is 5.48. The molecule has 1 aromatic carbocycles. The molecule has 4 rings (SSSR count). The van der Waals surface area contributed by atoms with Crippen LogP contribution in [0.4, 0.5) is 5.69 Å². The highest BCUT2D eigenvalue weighted by molar-refractivity contribution is 8.25. The monoisotopic (exact) mass is 475 g/mol. The van der Waals surface area contributed by atoms with E-state index in [4.69, 9.17) is 9.47 Å². The van der Waals surface area contributed by atoms with Gasteiger partial charge in [0, 0.05) is 21.7 Å². The van der Waals surface area contributed by atoms with E-state index in [1.165, 1.54) is 23.5 Å². The van der Waals surface area contributed by atoms with E-state index in [1.54, 1.807) is 25.6 Å². The Balaban J connectivity index is 1.88. The van der Waals surface area contributed by atoms with Gasteiger partial charge in [-0.05, 0) is 58.2 Å². The molecule has 1 unspecified atom stereocenters. The molecule has 164 valence electrons. The minimum Gasteiger partial charge on any atom is -0.462 e.